The van der Waals surface area contributed by atoms with Crippen molar-refractivity contribution in [2.45, 2.75) is 52.8 Å². The lowest BCUT2D eigenvalue weighted by Crippen LogP contribution is -2.14. The molecule has 1 unspecified atom stereocenters. The summed E-state index contributed by atoms with van der Waals surface area (Å²) in [6.45, 7) is 10.3. The Morgan fingerprint density at radius 2 is 1.84 bits per heavy atom. The SMILES string of the molecule is CC(C)Oc1ccc2c(c1)nc(C(C)N)n2C(C)C. The van der Waals surface area contributed by atoms with Gasteiger partial charge in [0.15, 0.2) is 0 Å². The molecule has 0 amide bonds. The Balaban J connectivity index is 2.56. The van der Waals surface area contributed by atoms with Gasteiger partial charge in [-0.3, -0.25) is 0 Å². The molecular weight excluding hydrogens is 238 g/mol. The fourth-order valence-electron chi connectivity index (χ4n) is 2.31. The Morgan fingerprint density at radius 1 is 1.16 bits per heavy atom. The molecule has 0 aliphatic rings. The number of ether oxygens (including phenoxy) is 1. The highest BCUT2D eigenvalue weighted by atomic mass is 16.5. The molecule has 1 atom stereocenters. The molecule has 0 radical (unpaired) electrons. The number of fused-ring (bicyclic) bond motifs is 1. The van der Waals surface area contributed by atoms with E-state index >= 15 is 0 Å². The maximum absolute atomic E-state index is 6.02. The predicted molar refractivity (Wildman–Crippen MR) is 78.5 cm³/mol. The van der Waals surface area contributed by atoms with Crippen molar-refractivity contribution >= 4 is 11.0 Å². The Kier molecular flexibility index (Phi) is 3.80. The molecule has 1 heterocycles. The van der Waals surface area contributed by atoms with Gasteiger partial charge < -0.3 is 15.0 Å². The molecule has 0 aliphatic carbocycles. The first-order valence-electron chi connectivity index (χ1n) is 6.84. The third kappa shape index (κ3) is 2.73. The summed E-state index contributed by atoms with van der Waals surface area (Å²) >= 11 is 0. The van der Waals surface area contributed by atoms with E-state index in [-0.39, 0.29) is 12.1 Å². The molecule has 4 heteroatoms. The number of nitrogens with two attached hydrogens (primary N) is 1. The maximum atomic E-state index is 6.02. The second-order valence-corrected chi connectivity index (χ2v) is 5.54. The number of nitrogens with zero attached hydrogens (tertiary/aromatic N) is 2. The van der Waals surface area contributed by atoms with Gasteiger partial charge in [0.25, 0.3) is 0 Å². The quantitative estimate of drug-likeness (QED) is 0.917. The molecule has 0 fully saturated rings. The van der Waals surface area contributed by atoms with E-state index in [1.54, 1.807) is 0 Å². The van der Waals surface area contributed by atoms with Crippen molar-refractivity contribution < 1.29 is 4.74 Å². The molecule has 0 spiro atoms. The summed E-state index contributed by atoms with van der Waals surface area (Å²) in [5.74, 6) is 1.78. The zero-order valence-electron chi connectivity index (χ0n) is 12.3. The minimum atomic E-state index is -0.0794. The second-order valence-electron chi connectivity index (χ2n) is 5.54. The van der Waals surface area contributed by atoms with Gasteiger partial charge in [0.05, 0.1) is 23.2 Å². The summed E-state index contributed by atoms with van der Waals surface area (Å²) in [4.78, 5) is 4.66. The van der Waals surface area contributed by atoms with E-state index < -0.39 is 0 Å². The molecule has 0 saturated heterocycles. The van der Waals surface area contributed by atoms with E-state index in [1.165, 1.54) is 0 Å². The molecule has 1 aromatic carbocycles. The van der Waals surface area contributed by atoms with Gasteiger partial charge in [0, 0.05) is 12.1 Å². The highest BCUT2D eigenvalue weighted by Crippen LogP contribution is 2.27. The summed E-state index contributed by atoms with van der Waals surface area (Å²) in [6.07, 6.45) is 0.164. The van der Waals surface area contributed by atoms with Crippen LogP contribution in [0.3, 0.4) is 0 Å². The number of hydrogen-bond acceptors (Lipinski definition) is 3. The summed E-state index contributed by atoms with van der Waals surface area (Å²) in [6, 6.07) is 6.30. The zero-order valence-corrected chi connectivity index (χ0v) is 12.3. The Morgan fingerprint density at radius 3 is 2.37 bits per heavy atom. The van der Waals surface area contributed by atoms with Gasteiger partial charge in [-0.25, -0.2) is 4.98 Å². The summed E-state index contributed by atoms with van der Waals surface area (Å²) < 4.78 is 7.91. The average Bonchev–Trinajstić information content (AvgIpc) is 2.66. The van der Waals surface area contributed by atoms with Crippen LogP contribution in [0.2, 0.25) is 0 Å². The van der Waals surface area contributed by atoms with E-state index in [0.29, 0.717) is 6.04 Å². The first-order chi connectivity index (χ1) is 8.90. The van der Waals surface area contributed by atoms with E-state index in [4.69, 9.17) is 10.5 Å². The number of rotatable bonds is 4. The Bertz CT molecular complexity index is 570. The predicted octanol–water partition coefficient (Wildman–Crippen LogP) is 3.42. The fraction of sp³-hybridized carbons (Fsp3) is 0.533. The van der Waals surface area contributed by atoms with Crippen LogP contribution in [0.5, 0.6) is 5.75 Å². The van der Waals surface area contributed by atoms with Crippen molar-refractivity contribution in [3.05, 3.63) is 24.0 Å². The van der Waals surface area contributed by atoms with Gasteiger partial charge in [-0.15, -0.1) is 0 Å². The lowest BCUT2D eigenvalue weighted by molar-refractivity contribution is 0.242. The number of imidazole rings is 1. The summed E-state index contributed by atoms with van der Waals surface area (Å²) in [5.41, 5.74) is 8.07. The van der Waals surface area contributed by atoms with E-state index in [0.717, 1.165) is 22.6 Å². The van der Waals surface area contributed by atoms with Crippen molar-refractivity contribution in [2.24, 2.45) is 5.73 Å². The molecule has 1 aromatic heterocycles. The summed E-state index contributed by atoms with van der Waals surface area (Å²) in [7, 11) is 0. The standard InChI is InChI=1S/C15H23N3O/c1-9(2)18-14-7-6-12(19-10(3)4)8-13(14)17-15(18)11(5)16/h6-11H,16H2,1-5H3. The molecule has 0 bridgehead atoms. The molecule has 4 nitrogen and oxygen atoms in total. The minimum Gasteiger partial charge on any atom is -0.491 e. The van der Waals surface area contributed by atoms with Gasteiger partial charge in [-0.2, -0.15) is 0 Å². The van der Waals surface area contributed by atoms with Crippen molar-refractivity contribution in [2.75, 3.05) is 0 Å². The molecular formula is C15H23N3O. The topological polar surface area (TPSA) is 53.1 Å². The van der Waals surface area contributed by atoms with Crippen LogP contribution in [-0.4, -0.2) is 15.7 Å². The highest BCUT2D eigenvalue weighted by molar-refractivity contribution is 5.78. The van der Waals surface area contributed by atoms with Crippen molar-refractivity contribution in [3.63, 3.8) is 0 Å². The van der Waals surface area contributed by atoms with Crippen LogP contribution >= 0.6 is 0 Å². The van der Waals surface area contributed by atoms with E-state index in [9.17, 15) is 0 Å². The molecule has 2 rings (SSSR count). The van der Waals surface area contributed by atoms with Crippen LogP contribution in [0.25, 0.3) is 11.0 Å². The van der Waals surface area contributed by atoms with Crippen LogP contribution in [0, 0.1) is 0 Å². The van der Waals surface area contributed by atoms with Crippen LogP contribution in [0.15, 0.2) is 18.2 Å². The van der Waals surface area contributed by atoms with Gasteiger partial charge in [-0.1, -0.05) is 0 Å². The molecule has 0 aliphatic heterocycles. The van der Waals surface area contributed by atoms with Gasteiger partial charge in [0.1, 0.15) is 11.6 Å². The average molecular weight is 261 g/mol. The lowest BCUT2D eigenvalue weighted by Gasteiger charge is -2.15. The third-order valence-corrected chi connectivity index (χ3v) is 2.98. The largest absolute Gasteiger partial charge is 0.491 e. The zero-order chi connectivity index (χ0) is 14.2. The van der Waals surface area contributed by atoms with E-state index in [2.05, 4.69) is 29.5 Å². The first-order valence-corrected chi connectivity index (χ1v) is 6.84. The van der Waals surface area contributed by atoms with Gasteiger partial charge >= 0.3 is 0 Å². The number of aromatic nitrogens is 2. The third-order valence-electron chi connectivity index (χ3n) is 2.98. The lowest BCUT2D eigenvalue weighted by atomic mass is 10.2. The number of hydrogen-bond donors (Lipinski definition) is 1. The van der Waals surface area contributed by atoms with Gasteiger partial charge in [0.2, 0.25) is 0 Å². The van der Waals surface area contributed by atoms with Crippen molar-refractivity contribution in [1.82, 2.24) is 9.55 Å². The normalized spacial score (nSPS) is 13.5. The Labute approximate surface area is 114 Å². The van der Waals surface area contributed by atoms with Crippen LogP contribution in [0.4, 0.5) is 0 Å². The molecule has 19 heavy (non-hydrogen) atoms. The molecule has 104 valence electrons. The van der Waals surface area contributed by atoms with Crippen LogP contribution < -0.4 is 10.5 Å². The second kappa shape index (κ2) is 5.21. The summed E-state index contributed by atoms with van der Waals surface area (Å²) in [5, 5.41) is 0. The monoisotopic (exact) mass is 261 g/mol. The maximum Gasteiger partial charge on any atom is 0.126 e. The Hall–Kier alpha value is -1.55. The molecule has 2 N–H and O–H groups in total. The van der Waals surface area contributed by atoms with E-state index in [1.807, 2.05) is 32.9 Å². The smallest absolute Gasteiger partial charge is 0.126 e. The molecule has 0 saturated carbocycles. The van der Waals surface area contributed by atoms with Crippen molar-refractivity contribution in [1.29, 1.82) is 0 Å². The molecule has 2 aromatic rings. The number of benzene rings is 1. The first kappa shape index (κ1) is 13.9. The van der Waals surface area contributed by atoms with Crippen molar-refractivity contribution in [3.8, 4) is 5.75 Å². The van der Waals surface area contributed by atoms with Gasteiger partial charge in [-0.05, 0) is 46.8 Å². The van der Waals surface area contributed by atoms with Crippen LogP contribution in [-0.2, 0) is 0 Å². The highest BCUT2D eigenvalue weighted by Gasteiger charge is 2.16. The van der Waals surface area contributed by atoms with Crippen LogP contribution in [0.1, 0.15) is 52.5 Å². The fourth-order valence-corrected chi connectivity index (χ4v) is 2.31. The minimum absolute atomic E-state index is 0.0794.